The van der Waals surface area contributed by atoms with Crippen LogP contribution in [-0.4, -0.2) is 24.1 Å². The SMILES string of the molecule is O=C(NCc1ccco1)C(=O)NNC(=O)c1ccc(OC(F)(F)F)cc1. The molecule has 0 bridgehead atoms. The average molecular weight is 371 g/mol. The number of hydrogen-bond acceptors (Lipinski definition) is 5. The van der Waals surface area contributed by atoms with Gasteiger partial charge in [-0.2, -0.15) is 0 Å². The van der Waals surface area contributed by atoms with Crippen LogP contribution in [0.4, 0.5) is 13.2 Å². The normalized spacial score (nSPS) is 10.7. The molecule has 0 aliphatic heterocycles. The zero-order chi connectivity index (χ0) is 19.2. The lowest BCUT2D eigenvalue weighted by molar-refractivity contribution is -0.274. The zero-order valence-electron chi connectivity index (χ0n) is 12.9. The number of alkyl halides is 3. The van der Waals surface area contributed by atoms with Gasteiger partial charge in [-0.05, 0) is 36.4 Å². The van der Waals surface area contributed by atoms with E-state index in [1.807, 2.05) is 10.9 Å². The van der Waals surface area contributed by atoms with Crippen molar-refractivity contribution in [1.82, 2.24) is 16.2 Å². The van der Waals surface area contributed by atoms with Crippen LogP contribution >= 0.6 is 0 Å². The predicted molar refractivity (Wildman–Crippen MR) is 79.3 cm³/mol. The fraction of sp³-hybridized carbons (Fsp3) is 0.133. The minimum absolute atomic E-state index is 0.0200. The number of furan rings is 1. The summed E-state index contributed by atoms with van der Waals surface area (Å²) in [5, 5.41) is 2.26. The highest BCUT2D eigenvalue weighted by atomic mass is 19.4. The van der Waals surface area contributed by atoms with Crippen LogP contribution in [0.5, 0.6) is 5.75 Å². The summed E-state index contributed by atoms with van der Waals surface area (Å²) in [5.74, 6) is -3.07. The highest BCUT2D eigenvalue weighted by molar-refractivity contribution is 6.35. The Labute approximate surface area is 144 Å². The minimum atomic E-state index is -4.85. The second kappa shape index (κ2) is 8.05. The first-order chi connectivity index (χ1) is 12.2. The average Bonchev–Trinajstić information content (AvgIpc) is 3.10. The first-order valence-electron chi connectivity index (χ1n) is 7.01. The Morgan fingerprint density at radius 1 is 1.00 bits per heavy atom. The molecule has 26 heavy (non-hydrogen) atoms. The summed E-state index contributed by atoms with van der Waals surface area (Å²) >= 11 is 0. The van der Waals surface area contributed by atoms with Crippen molar-refractivity contribution in [2.45, 2.75) is 12.9 Å². The van der Waals surface area contributed by atoms with Gasteiger partial charge in [-0.3, -0.25) is 25.2 Å². The van der Waals surface area contributed by atoms with E-state index in [4.69, 9.17) is 4.42 Å². The number of benzene rings is 1. The molecule has 0 atom stereocenters. The van der Waals surface area contributed by atoms with E-state index in [0.717, 1.165) is 24.3 Å². The van der Waals surface area contributed by atoms with Gasteiger partial charge in [-0.1, -0.05) is 0 Å². The molecule has 0 unspecified atom stereocenters. The number of hydrazine groups is 1. The summed E-state index contributed by atoms with van der Waals surface area (Å²) < 4.78 is 44.8. The summed E-state index contributed by atoms with van der Waals surface area (Å²) in [6.07, 6.45) is -3.45. The number of hydrogen-bond donors (Lipinski definition) is 3. The summed E-state index contributed by atoms with van der Waals surface area (Å²) in [7, 11) is 0. The fourth-order valence-electron chi connectivity index (χ4n) is 1.71. The summed E-state index contributed by atoms with van der Waals surface area (Å²) in [6, 6.07) is 7.17. The molecule has 0 radical (unpaired) electrons. The van der Waals surface area contributed by atoms with E-state index < -0.39 is 29.8 Å². The molecule has 1 aromatic heterocycles. The Bertz CT molecular complexity index is 773. The summed E-state index contributed by atoms with van der Waals surface area (Å²) in [6.45, 7) is -0.0200. The van der Waals surface area contributed by atoms with E-state index in [2.05, 4.69) is 10.1 Å². The van der Waals surface area contributed by atoms with Crippen molar-refractivity contribution in [3.8, 4) is 5.75 Å². The van der Waals surface area contributed by atoms with Gasteiger partial charge in [0.1, 0.15) is 11.5 Å². The van der Waals surface area contributed by atoms with Crippen LogP contribution in [0.2, 0.25) is 0 Å². The first-order valence-corrected chi connectivity index (χ1v) is 7.01. The highest BCUT2D eigenvalue weighted by Crippen LogP contribution is 2.22. The molecule has 0 aliphatic carbocycles. The molecule has 1 aromatic carbocycles. The molecule has 2 rings (SSSR count). The second-order valence-electron chi connectivity index (χ2n) is 4.74. The molecule has 0 saturated heterocycles. The number of nitrogens with one attached hydrogen (secondary N) is 3. The Balaban J connectivity index is 1.79. The Morgan fingerprint density at radius 3 is 2.27 bits per heavy atom. The van der Waals surface area contributed by atoms with Gasteiger partial charge < -0.3 is 14.5 Å². The molecule has 0 aliphatic rings. The second-order valence-corrected chi connectivity index (χ2v) is 4.74. The van der Waals surface area contributed by atoms with Gasteiger partial charge in [-0.25, -0.2) is 0 Å². The zero-order valence-corrected chi connectivity index (χ0v) is 12.9. The number of carbonyl (C=O) groups excluding carboxylic acids is 3. The van der Waals surface area contributed by atoms with Crippen molar-refractivity contribution in [1.29, 1.82) is 0 Å². The first kappa shape index (κ1) is 18.8. The maximum atomic E-state index is 12.0. The number of carbonyl (C=O) groups is 3. The largest absolute Gasteiger partial charge is 0.573 e. The lowest BCUT2D eigenvalue weighted by atomic mass is 10.2. The lowest BCUT2D eigenvalue weighted by Crippen LogP contribution is -2.48. The van der Waals surface area contributed by atoms with Gasteiger partial charge in [0.25, 0.3) is 5.91 Å². The molecule has 8 nitrogen and oxygen atoms in total. The van der Waals surface area contributed by atoms with Gasteiger partial charge in [0.15, 0.2) is 0 Å². The van der Waals surface area contributed by atoms with E-state index in [-0.39, 0.29) is 12.1 Å². The van der Waals surface area contributed by atoms with E-state index in [1.54, 1.807) is 12.1 Å². The fourth-order valence-corrected chi connectivity index (χ4v) is 1.71. The molecular weight excluding hydrogens is 359 g/mol. The Morgan fingerprint density at radius 2 is 1.69 bits per heavy atom. The van der Waals surface area contributed by atoms with Crippen LogP contribution in [-0.2, 0) is 16.1 Å². The Hall–Kier alpha value is -3.50. The van der Waals surface area contributed by atoms with Crippen LogP contribution < -0.4 is 20.9 Å². The maximum Gasteiger partial charge on any atom is 0.573 e. The number of rotatable bonds is 4. The van der Waals surface area contributed by atoms with E-state index in [9.17, 15) is 27.6 Å². The molecule has 1 heterocycles. The molecular formula is C15H12F3N3O5. The van der Waals surface area contributed by atoms with E-state index >= 15 is 0 Å². The van der Waals surface area contributed by atoms with Crippen molar-refractivity contribution in [2.24, 2.45) is 0 Å². The van der Waals surface area contributed by atoms with E-state index in [1.165, 1.54) is 6.26 Å². The third-order valence-corrected chi connectivity index (χ3v) is 2.85. The highest BCUT2D eigenvalue weighted by Gasteiger charge is 2.31. The van der Waals surface area contributed by atoms with Crippen molar-refractivity contribution in [3.63, 3.8) is 0 Å². The molecule has 0 fully saturated rings. The van der Waals surface area contributed by atoms with Crippen molar-refractivity contribution >= 4 is 17.7 Å². The van der Waals surface area contributed by atoms with Gasteiger partial charge in [0.2, 0.25) is 0 Å². The number of halogens is 3. The van der Waals surface area contributed by atoms with Crippen molar-refractivity contribution in [3.05, 3.63) is 54.0 Å². The molecule has 3 N–H and O–H groups in total. The summed E-state index contributed by atoms with van der Waals surface area (Å²) in [4.78, 5) is 34.8. The monoisotopic (exact) mass is 371 g/mol. The van der Waals surface area contributed by atoms with Crippen LogP contribution in [0, 0.1) is 0 Å². The smallest absolute Gasteiger partial charge is 0.467 e. The third kappa shape index (κ3) is 5.85. The van der Waals surface area contributed by atoms with Crippen LogP contribution in [0.1, 0.15) is 16.1 Å². The summed E-state index contributed by atoms with van der Waals surface area (Å²) in [5.41, 5.74) is 3.77. The lowest BCUT2D eigenvalue weighted by Gasteiger charge is -2.10. The van der Waals surface area contributed by atoms with Gasteiger partial charge in [0.05, 0.1) is 12.8 Å². The van der Waals surface area contributed by atoms with E-state index in [0.29, 0.717) is 5.76 Å². The number of amides is 3. The predicted octanol–water partition coefficient (Wildman–Crippen LogP) is 1.26. The van der Waals surface area contributed by atoms with Crippen LogP contribution in [0.15, 0.2) is 47.1 Å². The third-order valence-electron chi connectivity index (χ3n) is 2.85. The van der Waals surface area contributed by atoms with Crippen LogP contribution in [0.3, 0.4) is 0 Å². The minimum Gasteiger partial charge on any atom is -0.467 e. The van der Waals surface area contributed by atoms with Gasteiger partial charge >= 0.3 is 18.2 Å². The number of ether oxygens (including phenoxy) is 1. The molecule has 0 saturated carbocycles. The van der Waals surface area contributed by atoms with Crippen LogP contribution in [0.25, 0.3) is 0 Å². The van der Waals surface area contributed by atoms with Gasteiger partial charge in [0, 0.05) is 5.56 Å². The molecule has 2 aromatic rings. The molecule has 138 valence electrons. The van der Waals surface area contributed by atoms with Crippen molar-refractivity contribution < 1.29 is 36.7 Å². The topological polar surface area (TPSA) is 110 Å². The quantitative estimate of drug-likeness (QED) is 0.554. The maximum absolute atomic E-state index is 12.0. The van der Waals surface area contributed by atoms with Gasteiger partial charge in [-0.15, -0.1) is 13.2 Å². The molecule has 0 spiro atoms. The molecule has 3 amide bonds. The molecule has 11 heteroatoms. The standard InChI is InChI=1S/C15H12F3N3O5/c16-15(17,18)26-10-5-3-9(4-6-10)12(22)20-21-14(24)13(23)19-8-11-2-1-7-25-11/h1-7H,8H2,(H,19,23)(H,20,22)(H,21,24). The van der Waals surface area contributed by atoms with Crippen molar-refractivity contribution in [2.75, 3.05) is 0 Å². The Kier molecular flexibility index (Phi) is 5.83.